The van der Waals surface area contributed by atoms with E-state index in [4.69, 9.17) is 15.2 Å². The maximum Gasteiger partial charge on any atom is 0.249 e. The Balaban J connectivity index is 1.54. The van der Waals surface area contributed by atoms with Gasteiger partial charge >= 0.3 is 0 Å². The van der Waals surface area contributed by atoms with Crippen LogP contribution in [0.1, 0.15) is 24.0 Å². The summed E-state index contributed by atoms with van der Waals surface area (Å²) in [5.74, 6) is -0.105. The van der Waals surface area contributed by atoms with E-state index in [9.17, 15) is 9.59 Å². The van der Waals surface area contributed by atoms with Crippen molar-refractivity contribution in [3.63, 3.8) is 0 Å². The Morgan fingerprint density at radius 2 is 1.85 bits per heavy atom. The van der Waals surface area contributed by atoms with Crippen molar-refractivity contribution < 1.29 is 19.1 Å². The largest absolute Gasteiger partial charge is 0.489 e. The van der Waals surface area contributed by atoms with Crippen molar-refractivity contribution in [1.82, 2.24) is 5.32 Å². The van der Waals surface area contributed by atoms with Crippen LogP contribution in [0.4, 0.5) is 0 Å². The third-order valence-corrected chi connectivity index (χ3v) is 4.49. The van der Waals surface area contributed by atoms with E-state index in [-0.39, 0.29) is 5.91 Å². The molecule has 0 aliphatic carbocycles. The second-order valence-electron chi connectivity index (χ2n) is 6.59. The molecule has 6 nitrogen and oxygen atoms in total. The number of rotatable bonds is 8. The number of benzene rings is 2. The summed E-state index contributed by atoms with van der Waals surface area (Å²) in [6.45, 7) is 1.06. The summed E-state index contributed by atoms with van der Waals surface area (Å²) >= 11 is 0. The number of primary amides is 1. The Bertz CT molecular complexity index is 756. The predicted octanol–water partition coefficient (Wildman–Crippen LogP) is 1.96. The molecule has 2 amide bonds. The van der Waals surface area contributed by atoms with Crippen LogP contribution in [-0.4, -0.2) is 30.6 Å². The van der Waals surface area contributed by atoms with Crippen molar-refractivity contribution >= 4 is 11.8 Å². The zero-order valence-corrected chi connectivity index (χ0v) is 15.1. The van der Waals surface area contributed by atoms with Gasteiger partial charge in [0.25, 0.3) is 0 Å². The van der Waals surface area contributed by atoms with Gasteiger partial charge < -0.3 is 20.5 Å². The monoisotopic (exact) mass is 368 g/mol. The average Bonchev–Trinajstić information content (AvgIpc) is 3.22. The highest BCUT2D eigenvalue weighted by Crippen LogP contribution is 2.16. The SMILES string of the molecule is NC(=O)[C@@H](Cc1ccc(OCc2ccccc2)cc1)NC(=O)[C@H]1CCCO1. The van der Waals surface area contributed by atoms with Crippen LogP contribution in [-0.2, 0) is 27.4 Å². The molecule has 1 fully saturated rings. The minimum atomic E-state index is -0.766. The Morgan fingerprint density at radius 1 is 1.11 bits per heavy atom. The van der Waals surface area contributed by atoms with E-state index in [1.54, 1.807) is 0 Å². The molecule has 0 spiro atoms. The molecule has 2 aromatic rings. The standard InChI is InChI=1S/C21H24N2O4/c22-20(24)18(23-21(25)19-7-4-12-26-19)13-15-8-10-17(11-9-15)27-14-16-5-2-1-3-6-16/h1-3,5-6,8-11,18-19H,4,7,12-14H2,(H2,22,24)(H,23,25)/t18-,19-/m1/s1. The van der Waals surface area contributed by atoms with Gasteiger partial charge in [0.1, 0.15) is 24.5 Å². The molecule has 0 saturated carbocycles. The third kappa shape index (κ3) is 5.56. The topological polar surface area (TPSA) is 90.7 Å². The predicted molar refractivity (Wildman–Crippen MR) is 101 cm³/mol. The molecule has 1 aliphatic rings. The van der Waals surface area contributed by atoms with E-state index in [2.05, 4.69) is 5.32 Å². The first-order chi connectivity index (χ1) is 13.1. The molecule has 0 aromatic heterocycles. The van der Waals surface area contributed by atoms with Crippen molar-refractivity contribution in [2.45, 2.75) is 38.0 Å². The highest BCUT2D eigenvalue weighted by Gasteiger charge is 2.27. The van der Waals surface area contributed by atoms with Gasteiger partial charge in [-0.1, -0.05) is 42.5 Å². The van der Waals surface area contributed by atoms with Crippen molar-refractivity contribution in [3.8, 4) is 5.75 Å². The van der Waals surface area contributed by atoms with Crippen LogP contribution in [0, 0.1) is 0 Å². The minimum Gasteiger partial charge on any atom is -0.489 e. The lowest BCUT2D eigenvalue weighted by molar-refractivity contribution is -0.133. The highest BCUT2D eigenvalue weighted by atomic mass is 16.5. The van der Waals surface area contributed by atoms with E-state index in [0.29, 0.717) is 26.1 Å². The summed E-state index contributed by atoms with van der Waals surface area (Å²) in [5.41, 5.74) is 7.43. The molecule has 27 heavy (non-hydrogen) atoms. The maximum atomic E-state index is 12.2. The Labute approximate surface area is 158 Å². The number of hydrogen-bond acceptors (Lipinski definition) is 4. The number of ether oxygens (including phenoxy) is 2. The molecule has 0 unspecified atom stereocenters. The van der Waals surface area contributed by atoms with Gasteiger partial charge in [-0.05, 0) is 36.1 Å². The smallest absolute Gasteiger partial charge is 0.249 e. The molecule has 142 valence electrons. The van der Waals surface area contributed by atoms with Crippen LogP contribution in [0.3, 0.4) is 0 Å². The number of amides is 2. The molecule has 1 saturated heterocycles. The van der Waals surface area contributed by atoms with E-state index >= 15 is 0 Å². The number of carbonyl (C=O) groups excluding carboxylic acids is 2. The fraction of sp³-hybridized carbons (Fsp3) is 0.333. The normalized spacial score (nSPS) is 17.3. The molecule has 3 rings (SSSR count). The van der Waals surface area contributed by atoms with E-state index in [1.165, 1.54) is 0 Å². The first kappa shape index (κ1) is 18.9. The third-order valence-electron chi connectivity index (χ3n) is 4.49. The van der Waals surface area contributed by atoms with E-state index in [1.807, 2.05) is 54.6 Å². The van der Waals surface area contributed by atoms with Crippen LogP contribution < -0.4 is 15.8 Å². The van der Waals surface area contributed by atoms with Crippen LogP contribution in [0.2, 0.25) is 0 Å². The van der Waals surface area contributed by atoms with Gasteiger partial charge in [-0.25, -0.2) is 0 Å². The molecule has 1 aliphatic heterocycles. The summed E-state index contributed by atoms with van der Waals surface area (Å²) < 4.78 is 11.1. The van der Waals surface area contributed by atoms with Gasteiger partial charge in [0.2, 0.25) is 11.8 Å². The van der Waals surface area contributed by atoms with Crippen LogP contribution in [0.25, 0.3) is 0 Å². The Hall–Kier alpha value is -2.86. The molecule has 0 bridgehead atoms. The van der Waals surface area contributed by atoms with Crippen molar-refractivity contribution in [1.29, 1.82) is 0 Å². The zero-order valence-electron chi connectivity index (χ0n) is 15.1. The molecule has 6 heteroatoms. The number of hydrogen-bond donors (Lipinski definition) is 2. The lowest BCUT2D eigenvalue weighted by Crippen LogP contribution is -2.49. The minimum absolute atomic E-state index is 0.279. The molecular weight excluding hydrogens is 344 g/mol. The van der Waals surface area contributed by atoms with Crippen LogP contribution in [0.5, 0.6) is 5.75 Å². The molecule has 0 radical (unpaired) electrons. The summed E-state index contributed by atoms with van der Waals surface area (Å²) in [6.07, 6.45) is 1.36. The second kappa shape index (κ2) is 9.19. The van der Waals surface area contributed by atoms with E-state index < -0.39 is 18.1 Å². The lowest BCUT2D eigenvalue weighted by Gasteiger charge is -2.18. The van der Waals surface area contributed by atoms with Gasteiger partial charge in [-0.15, -0.1) is 0 Å². The fourth-order valence-corrected chi connectivity index (χ4v) is 2.97. The van der Waals surface area contributed by atoms with Gasteiger partial charge in [0, 0.05) is 13.0 Å². The van der Waals surface area contributed by atoms with Gasteiger partial charge in [0.15, 0.2) is 0 Å². The summed E-state index contributed by atoms with van der Waals surface area (Å²) in [5, 5.41) is 2.70. The second-order valence-corrected chi connectivity index (χ2v) is 6.59. The van der Waals surface area contributed by atoms with Gasteiger partial charge in [0.05, 0.1) is 0 Å². The fourth-order valence-electron chi connectivity index (χ4n) is 2.97. The Kier molecular flexibility index (Phi) is 6.44. The van der Waals surface area contributed by atoms with Crippen LogP contribution in [0.15, 0.2) is 54.6 Å². The first-order valence-corrected chi connectivity index (χ1v) is 9.09. The summed E-state index contributed by atoms with van der Waals surface area (Å²) in [7, 11) is 0. The van der Waals surface area contributed by atoms with Crippen molar-refractivity contribution in [2.75, 3.05) is 6.61 Å². The van der Waals surface area contributed by atoms with Crippen LogP contribution >= 0.6 is 0 Å². The highest BCUT2D eigenvalue weighted by molar-refractivity contribution is 5.88. The molecule has 2 atom stereocenters. The van der Waals surface area contributed by atoms with Crippen molar-refractivity contribution in [3.05, 3.63) is 65.7 Å². The number of nitrogens with one attached hydrogen (secondary N) is 1. The summed E-state index contributed by atoms with van der Waals surface area (Å²) in [6, 6.07) is 16.6. The number of nitrogens with two attached hydrogens (primary N) is 1. The zero-order chi connectivity index (χ0) is 19.1. The van der Waals surface area contributed by atoms with E-state index in [0.717, 1.165) is 23.3 Å². The molecule has 2 aromatic carbocycles. The maximum absolute atomic E-state index is 12.2. The molecular formula is C21H24N2O4. The number of carbonyl (C=O) groups is 2. The van der Waals surface area contributed by atoms with Crippen molar-refractivity contribution in [2.24, 2.45) is 5.73 Å². The average molecular weight is 368 g/mol. The van der Waals surface area contributed by atoms with Gasteiger partial charge in [-0.3, -0.25) is 9.59 Å². The quantitative estimate of drug-likeness (QED) is 0.745. The first-order valence-electron chi connectivity index (χ1n) is 9.09. The van der Waals surface area contributed by atoms with Gasteiger partial charge in [-0.2, -0.15) is 0 Å². The molecule has 1 heterocycles. The molecule has 3 N–H and O–H groups in total. The Morgan fingerprint density at radius 3 is 2.48 bits per heavy atom. The summed E-state index contributed by atoms with van der Waals surface area (Å²) in [4.78, 5) is 23.9. The lowest BCUT2D eigenvalue weighted by atomic mass is 10.0.